The van der Waals surface area contributed by atoms with Crippen LogP contribution in [0, 0.1) is 0 Å². The molecule has 5 nitrogen and oxygen atoms in total. The molecule has 0 unspecified atom stereocenters. The Morgan fingerprint density at radius 3 is 1.50 bits per heavy atom. The van der Waals surface area contributed by atoms with Crippen LogP contribution in [-0.4, -0.2) is 31.1 Å². The summed E-state index contributed by atoms with van der Waals surface area (Å²) in [6.07, 6.45) is -1.24. The zero-order chi connectivity index (χ0) is 25.8. The molecule has 0 saturated carbocycles. The van der Waals surface area contributed by atoms with Crippen molar-refractivity contribution in [3.63, 3.8) is 0 Å². The molecule has 0 radical (unpaired) electrons. The van der Waals surface area contributed by atoms with E-state index in [9.17, 15) is 0 Å². The number of hydrogen-bond acceptors (Lipinski definition) is 5. The molecule has 1 fully saturated rings. The monoisotopic (exact) mass is 509 g/mol. The Morgan fingerprint density at radius 1 is 0.526 bits per heavy atom. The standard InChI is InChI=1S/C33H35NO4/c1-5-13-26(14-6-1)21-34-33-32(37-24-29-19-11-4-12-20-29)31(36-23-28-17-9-3-10-18-28)30(38-33)25-35-22-27-15-7-2-8-16-27/h1-20,30-34H,21-25H2/t30-,31+,32-,33-/m0/s1. The molecule has 0 amide bonds. The van der Waals surface area contributed by atoms with Crippen molar-refractivity contribution in [2.75, 3.05) is 6.61 Å². The number of hydrogen-bond donors (Lipinski definition) is 1. The molecule has 1 heterocycles. The number of nitrogens with one attached hydrogen (secondary N) is 1. The fourth-order valence-electron chi connectivity index (χ4n) is 4.62. The maximum Gasteiger partial charge on any atom is 0.138 e. The molecule has 1 saturated heterocycles. The number of rotatable bonds is 13. The van der Waals surface area contributed by atoms with E-state index in [0.29, 0.717) is 33.0 Å². The van der Waals surface area contributed by atoms with E-state index >= 15 is 0 Å². The van der Waals surface area contributed by atoms with Gasteiger partial charge in [0.05, 0.1) is 26.4 Å². The Morgan fingerprint density at radius 2 is 0.974 bits per heavy atom. The van der Waals surface area contributed by atoms with Gasteiger partial charge in [0.15, 0.2) is 0 Å². The summed E-state index contributed by atoms with van der Waals surface area (Å²) in [5.41, 5.74) is 4.53. The highest BCUT2D eigenvalue weighted by molar-refractivity contribution is 5.16. The van der Waals surface area contributed by atoms with Crippen molar-refractivity contribution in [3.05, 3.63) is 144 Å². The molecule has 0 aromatic heterocycles. The van der Waals surface area contributed by atoms with Crippen molar-refractivity contribution in [3.8, 4) is 0 Å². The van der Waals surface area contributed by atoms with E-state index in [-0.39, 0.29) is 24.5 Å². The summed E-state index contributed by atoms with van der Waals surface area (Å²) in [4.78, 5) is 0. The fourth-order valence-corrected chi connectivity index (χ4v) is 4.62. The Kier molecular flexibility index (Phi) is 9.69. The second-order valence-corrected chi connectivity index (χ2v) is 9.48. The normalized spacial score (nSPS) is 20.9. The van der Waals surface area contributed by atoms with Gasteiger partial charge in [-0.2, -0.15) is 0 Å². The average Bonchev–Trinajstić information content (AvgIpc) is 3.32. The fraction of sp³-hybridized carbons (Fsp3) is 0.273. The average molecular weight is 510 g/mol. The molecule has 4 atom stereocenters. The highest BCUT2D eigenvalue weighted by Crippen LogP contribution is 2.28. The van der Waals surface area contributed by atoms with Gasteiger partial charge >= 0.3 is 0 Å². The molecular formula is C33H35NO4. The predicted molar refractivity (Wildman–Crippen MR) is 148 cm³/mol. The lowest BCUT2D eigenvalue weighted by Crippen LogP contribution is -2.43. The highest BCUT2D eigenvalue weighted by atomic mass is 16.6. The summed E-state index contributed by atoms with van der Waals surface area (Å²) in [6.45, 7) is 2.54. The molecule has 1 aliphatic rings. The summed E-state index contributed by atoms with van der Waals surface area (Å²) in [7, 11) is 0. The molecule has 4 aromatic carbocycles. The Labute approximate surface area is 225 Å². The van der Waals surface area contributed by atoms with Crippen molar-refractivity contribution in [2.45, 2.75) is 50.9 Å². The molecule has 5 rings (SSSR count). The second-order valence-electron chi connectivity index (χ2n) is 9.48. The van der Waals surface area contributed by atoms with E-state index in [0.717, 1.165) is 16.7 Å². The second kappa shape index (κ2) is 14.0. The first kappa shape index (κ1) is 26.3. The zero-order valence-corrected chi connectivity index (χ0v) is 21.5. The molecule has 0 spiro atoms. The van der Waals surface area contributed by atoms with Gasteiger partial charge in [-0.3, -0.25) is 5.32 Å². The number of ether oxygens (including phenoxy) is 4. The topological polar surface area (TPSA) is 49.0 Å². The molecule has 4 aromatic rings. The summed E-state index contributed by atoms with van der Waals surface area (Å²) in [5, 5.41) is 3.57. The van der Waals surface area contributed by atoms with Crippen molar-refractivity contribution < 1.29 is 18.9 Å². The van der Waals surface area contributed by atoms with Gasteiger partial charge in [-0.05, 0) is 22.3 Å². The Bertz CT molecular complexity index is 1190. The van der Waals surface area contributed by atoms with E-state index < -0.39 is 0 Å². The maximum atomic E-state index is 6.54. The number of benzene rings is 4. The van der Waals surface area contributed by atoms with E-state index in [4.69, 9.17) is 18.9 Å². The quantitative estimate of drug-likeness (QED) is 0.244. The van der Waals surface area contributed by atoms with E-state index in [1.165, 1.54) is 5.56 Å². The lowest BCUT2D eigenvalue weighted by atomic mass is 10.1. The zero-order valence-electron chi connectivity index (χ0n) is 21.5. The Balaban J connectivity index is 1.31. The van der Waals surface area contributed by atoms with E-state index in [1.807, 2.05) is 72.8 Å². The first-order valence-electron chi connectivity index (χ1n) is 13.2. The third-order valence-corrected chi connectivity index (χ3v) is 6.62. The van der Waals surface area contributed by atoms with Crippen LogP contribution >= 0.6 is 0 Å². The van der Waals surface area contributed by atoms with Crippen LogP contribution in [0.2, 0.25) is 0 Å². The Hall–Kier alpha value is -3.32. The maximum absolute atomic E-state index is 6.54. The first-order chi connectivity index (χ1) is 18.8. The summed E-state index contributed by atoms with van der Waals surface area (Å²) in [5.74, 6) is 0. The lowest BCUT2D eigenvalue weighted by molar-refractivity contribution is -0.0900. The minimum absolute atomic E-state index is 0.281. The van der Waals surface area contributed by atoms with Crippen LogP contribution in [0.15, 0.2) is 121 Å². The van der Waals surface area contributed by atoms with Crippen molar-refractivity contribution in [2.24, 2.45) is 0 Å². The third kappa shape index (κ3) is 7.60. The van der Waals surface area contributed by atoms with Crippen LogP contribution in [0.1, 0.15) is 22.3 Å². The van der Waals surface area contributed by atoms with Crippen molar-refractivity contribution >= 4 is 0 Å². The van der Waals surface area contributed by atoms with Gasteiger partial charge in [0.2, 0.25) is 0 Å². The highest BCUT2D eigenvalue weighted by Gasteiger charge is 2.46. The molecule has 196 valence electrons. The van der Waals surface area contributed by atoms with E-state index in [1.54, 1.807) is 0 Å². The van der Waals surface area contributed by atoms with Gasteiger partial charge in [0, 0.05) is 6.54 Å². The molecule has 0 aliphatic carbocycles. The molecule has 5 heteroatoms. The van der Waals surface area contributed by atoms with Gasteiger partial charge in [0.1, 0.15) is 24.5 Å². The summed E-state index contributed by atoms with van der Waals surface area (Å²) < 4.78 is 25.7. The van der Waals surface area contributed by atoms with Crippen LogP contribution in [-0.2, 0) is 45.3 Å². The van der Waals surface area contributed by atoms with Crippen LogP contribution in [0.4, 0.5) is 0 Å². The molecule has 38 heavy (non-hydrogen) atoms. The predicted octanol–water partition coefficient (Wildman–Crippen LogP) is 5.89. The van der Waals surface area contributed by atoms with Crippen LogP contribution in [0.5, 0.6) is 0 Å². The molecule has 1 aliphatic heterocycles. The van der Waals surface area contributed by atoms with Gasteiger partial charge < -0.3 is 18.9 Å². The van der Waals surface area contributed by atoms with Crippen LogP contribution in [0.3, 0.4) is 0 Å². The molecule has 1 N–H and O–H groups in total. The smallest absolute Gasteiger partial charge is 0.138 e. The minimum Gasteiger partial charge on any atom is -0.374 e. The van der Waals surface area contributed by atoms with Gasteiger partial charge in [-0.1, -0.05) is 121 Å². The van der Waals surface area contributed by atoms with E-state index in [2.05, 4.69) is 53.8 Å². The largest absolute Gasteiger partial charge is 0.374 e. The summed E-state index contributed by atoms with van der Waals surface area (Å²) in [6, 6.07) is 40.9. The van der Waals surface area contributed by atoms with Crippen LogP contribution < -0.4 is 5.32 Å². The molecule has 0 bridgehead atoms. The SMILES string of the molecule is c1ccc(CN[C@H]2O[C@@H](COCc3ccccc3)[C@@H](OCc3ccccc3)[C@@H]2OCc2ccccc2)cc1. The van der Waals surface area contributed by atoms with Gasteiger partial charge in [-0.25, -0.2) is 0 Å². The summed E-state index contributed by atoms with van der Waals surface area (Å²) >= 11 is 0. The third-order valence-electron chi connectivity index (χ3n) is 6.62. The van der Waals surface area contributed by atoms with Crippen molar-refractivity contribution in [1.82, 2.24) is 5.32 Å². The van der Waals surface area contributed by atoms with Crippen LogP contribution in [0.25, 0.3) is 0 Å². The van der Waals surface area contributed by atoms with Gasteiger partial charge in [-0.15, -0.1) is 0 Å². The molecular weight excluding hydrogens is 474 g/mol. The first-order valence-corrected chi connectivity index (χ1v) is 13.2. The van der Waals surface area contributed by atoms with Crippen molar-refractivity contribution in [1.29, 1.82) is 0 Å². The van der Waals surface area contributed by atoms with Gasteiger partial charge in [0.25, 0.3) is 0 Å². The lowest BCUT2D eigenvalue weighted by Gasteiger charge is -2.25. The minimum atomic E-state index is -0.343.